The van der Waals surface area contributed by atoms with Crippen LogP contribution in [-0.4, -0.2) is 13.1 Å². The van der Waals surface area contributed by atoms with Gasteiger partial charge in [-0.1, -0.05) is 0 Å². The average molecular weight is 96.0 g/mol. The first-order valence-corrected chi connectivity index (χ1v) is 1.36. The van der Waals surface area contributed by atoms with Crippen LogP contribution in [0.2, 0.25) is 0 Å². The molecule has 0 radical (unpaired) electrons. The van der Waals surface area contributed by atoms with Crippen molar-refractivity contribution in [3.63, 3.8) is 0 Å². The summed E-state index contributed by atoms with van der Waals surface area (Å²) in [5.74, 6) is 0. The second kappa shape index (κ2) is 0.886. The van der Waals surface area contributed by atoms with Gasteiger partial charge in [0.05, 0.1) is 0 Å². The van der Waals surface area contributed by atoms with Gasteiger partial charge in [0.2, 0.25) is 0 Å². The predicted molar refractivity (Wildman–Crippen MR) is 12.0 cm³/mol. The smallest absolute Gasteiger partial charge is 0.268 e. The molecule has 0 amide bonds. The van der Waals surface area contributed by atoms with Crippen molar-refractivity contribution in [2.24, 2.45) is 0 Å². The fourth-order valence-corrected chi connectivity index (χ4v) is 0.148. The molecule has 0 aromatic rings. The zero-order chi connectivity index (χ0) is 4.62. The number of rotatable bonds is 0. The molecule has 0 atom stereocenters. The Hall–Kier alpha value is -0.220. The molecule has 0 unspecified atom stereocenters. The molecule has 0 aromatic carbocycles. The van der Waals surface area contributed by atoms with Gasteiger partial charge < -0.3 is 0 Å². The molecule has 0 spiro atoms. The minimum absolute atomic E-state index is 0.285. The maximum absolute atomic E-state index is 11.1. The van der Waals surface area contributed by atoms with Crippen LogP contribution in [0.5, 0.6) is 0 Å². The zero-order valence-corrected chi connectivity index (χ0v) is 2.78. The normalized spacial score (nSPS) is 29.0. The standard InChI is InChI=1S/C2H2F2O2/c3-2(4)5-1-6-2/h1H2. The summed E-state index contributed by atoms with van der Waals surface area (Å²) in [6.07, 6.45) is -3.28. The highest BCUT2D eigenvalue weighted by atomic mass is 19.3. The molecule has 2 nitrogen and oxygen atoms in total. The van der Waals surface area contributed by atoms with Gasteiger partial charge in [0.1, 0.15) is 0 Å². The van der Waals surface area contributed by atoms with Crippen molar-refractivity contribution in [2.75, 3.05) is 6.79 Å². The summed E-state index contributed by atoms with van der Waals surface area (Å²) in [5.41, 5.74) is 0. The Morgan fingerprint density at radius 2 is 1.67 bits per heavy atom. The fourth-order valence-electron chi connectivity index (χ4n) is 0.148. The third-order valence-corrected chi connectivity index (χ3v) is 0.454. The summed E-state index contributed by atoms with van der Waals surface area (Å²) >= 11 is 0. The molecule has 0 aliphatic carbocycles. The molecule has 1 rings (SSSR count). The van der Waals surface area contributed by atoms with Crippen LogP contribution < -0.4 is 0 Å². The van der Waals surface area contributed by atoms with Crippen LogP contribution in [0, 0.1) is 0 Å². The Balaban J connectivity index is 2.31. The molecule has 1 aliphatic heterocycles. The lowest BCUT2D eigenvalue weighted by molar-refractivity contribution is -0.516. The summed E-state index contributed by atoms with van der Waals surface area (Å²) in [7, 11) is 0. The molecule has 1 aliphatic rings. The molecular formula is C2H2F2O2. The summed E-state index contributed by atoms with van der Waals surface area (Å²) in [6, 6.07) is 0. The van der Waals surface area contributed by atoms with E-state index in [0.717, 1.165) is 0 Å². The Morgan fingerprint density at radius 3 is 1.67 bits per heavy atom. The Bertz CT molecular complexity index is 56.6. The van der Waals surface area contributed by atoms with Crippen LogP contribution in [0.4, 0.5) is 8.78 Å². The molecule has 1 fully saturated rings. The van der Waals surface area contributed by atoms with Crippen LogP contribution >= 0.6 is 0 Å². The Labute approximate surface area is 32.7 Å². The topological polar surface area (TPSA) is 18.5 Å². The van der Waals surface area contributed by atoms with Gasteiger partial charge in [0, 0.05) is 0 Å². The van der Waals surface area contributed by atoms with Crippen LogP contribution in [0.15, 0.2) is 0 Å². The predicted octanol–water partition coefficient (Wildman–Crippen LogP) is 0.541. The van der Waals surface area contributed by atoms with Gasteiger partial charge in [0.15, 0.2) is 6.79 Å². The van der Waals surface area contributed by atoms with E-state index in [0.29, 0.717) is 0 Å². The summed E-state index contributed by atoms with van der Waals surface area (Å²) in [4.78, 5) is 0. The minimum Gasteiger partial charge on any atom is -0.268 e. The van der Waals surface area contributed by atoms with Crippen molar-refractivity contribution in [3.8, 4) is 0 Å². The molecule has 1 saturated heterocycles. The summed E-state index contributed by atoms with van der Waals surface area (Å²) in [6.45, 7) is -0.285. The zero-order valence-electron chi connectivity index (χ0n) is 2.78. The largest absolute Gasteiger partial charge is 0.489 e. The van der Waals surface area contributed by atoms with Gasteiger partial charge in [-0.25, -0.2) is 0 Å². The maximum Gasteiger partial charge on any atom is 0.489 e. The highest BCUT2D eigenvalue weighted by Crippen LogP contribution is 2.24. The molecule has 0 aromatic heterocycles. The second-order valence-corrected chi connectivity index (χ2v) is 0.870. The molecule has 0 bridgehead atoms. The molecule has 0 saturated carbocycles. The van der Waals surface area contributed by atoms with Gasteiger partial charge in [-0.05, 0) is 0 Å². The Morgan fingerprint density at radius 1 is 1.33 bits per heavy atom. The van der Waals surface area contributed by atoms with Gasteiger partial charge in [0.25, 0.3) is 0 Å². The van der Waals surface area contributed by atoms with Gasteiger partial charge >= 0.3 is 6.29 Å². The van der Waals surface area contributed by atoms with Crippen molar-refractivity contribution in [2.45, 2.75) is 6.29 Å². The monoisotopic (exact) mass is 96.0 g/mol. The first-order valence-electron chi connectivity index (χ1n) is 1.36. The lowest BCUT2D eigenvalue weighted by atomic mass is 11.1. The summed E-state index contributed by atoms with van der Waals surface area (Å²) < 4.78 is 29.3. The van der Waals surface area contributed by atoms with Crippen LogP contribution in [0.1, 0.15) is 0 Å². The first-order chi connectivity index (χ1) is 2.71. The van der Waals surface area contributed by atoms with E-state index < -0.39 is 6.29 Å². The van der Waals surface area contributed by atoms with E-state index in [9.17, 15) is 8.78 Å². The van der Waals surface area contributed by atoms with Crippen LogP contribution in [0.25, 0.3) is 0 Å². The Kier molecular flexibility index (Phi) is 0.584. The van der Waals surface area contributed by atoms with Crippen molar-refractivity contribution >= 4 is 0 Å². The minimum atomic E-state index is -3.28. The molecule has 4 heteroatoms. The fraction of sp³-hybridized carbons (Fsp3) is 1.00. The molecule has 6 heavy (non-hydrogen) atoms. The van der Waals surface area contributed by atoms with E-state index >= 15 is 0 Å². The lowest BCUT2D eigenvalue weighted by Crippen LogP contribution is -2.37. The van der Waals surface area contributed by atoms with E-state index in [4.69, 9.17) is 0 Å². The van der Waals surface area contributed by atoms with E-state index in [2.05, 4.69) is 9.47 Å². The number of hydrogen-bond donors (Lipinski definition) is 0. The summed E-state index contributed by atoms with van der Waals surface area (Å²) in [5, 5.41) is 0. The second-order valence-electron chi connectivity index (χ2n) is 0.870. The lowest BCUT2D eigenvalue weighted by Gasteiger charge is -2.23. The van der Waals surface area contributed by atoms with E-state index in [1.807, 2.05) is 0 Å². The molecule has 36 valence electrons. The SMILES string of the molecule is FC1(F)OCO1. The van der Waals surface area contributed by atoms with Crippen molar-refractivity contribution in [1.82, 2.24) is 0 Å². The molecule has 1 heterocycles. The number of alkyl halides is 2. The highest BCUT2D eigenvalue weighted by molar-refractivity contribution is 4.35. The van der Waals surface area contributed by atoms with Crippen LogP contribution in [-0.2, 0) is 9.47 Å². The highest BCUT2D eigenvalue weighted by Gasteiger charge is 2.40. The van der Waals surface area contributed by atoms with Gasteiger partial charge in [-0.15, -0.1) is 8.78 Å². The maximum atomic E-state index is 11.1. The van der Waals surface area contributed by atoms with E-state index in [1.165, 1.54) is 0 Å². The number of hydrogen-bond acceptors (Lipinski definition) is 2. The van der Waals surface area contributed by atoms with E-state index in [-0.39, 0.29) is 6.79 Å². The molecule has 0 N–H and O–H groups in total. The third-order valence-electron chi connectivity index (χ3n) is 0.454. The van der Waals surface area contributed by atoms with Crippen molar-refractivity contribution < 1.29 is 18.3 Å². The molecular weight excluding hydrogens is 94.0 g/mol. The van der Waals surface area contributed by atoms with Crippen LogP contribution in [0.3, 0.4) is 0 Å². The average Bonchev–Trinajstić information content (AvgIpc) is 1.32. The third kappa shape index (κ3) is 0.483. The first kappa shape index (κ1) is 3.95. The van der Waals surface area contributed by atoms with E-state index in [1.54, 1.807) is 0 Å². The van der Waals surface area contributed by atoms with Crippen molar-refractivity contribution in [3.05, 3.63) is 0 Å². The van der Waals surface area contributed by atoms with Gasteiger partial charge in [-0.2, -0.15) is 0 Å². The number of ether oxygens (including phenoxy) is 2. The van der Waals surface area contributed by atoms with Crippen molar-refractivity contribution in [1.29, 1.82) is 0 Å². The number of halogens is 2. The quantitative estimate of drug-likeness (QED) is 0.438. The van der Waals surface area contributed by atoms with Gasteiger partial charge in [-0.3, -0.25) is 9.47 Å².